The monoisotopic (exact) mass is 309 g/mol. The van der Waals surface area contributed by atoms with Gasteiger partial charge in [0.15, 0.2) is 0 Å². The summed E-state index contributed by atoms with van der Waals surface area (Å²) in [6.07, 6.45) is 1.02. The Labute approximate surface area is 117 Å². The number of aliphatic carboxylic acids is 1. The van der Waals surface area contributed by atoms with E-state index in [9.17, 15) is 18.0 Å². The lowest BCUT2D eigenvalue weighted by Crippen LogP contribution is -2.55. The maximum atomic E-state index is 11.8. The number of urea groups is 1. The summed E-state index contributed by atoms with van der Waals surface area (Å²) in [7, 11) is -3.27. The van der Waals surface area contributed by atoms with Crippen molar-refractivity contribution in [2.45, 2.75) is 12.5 Å². The molecule has 1 aliphatic rings. The number of piperazine rings is 1. The number of carbonyl (C=O) groups is 2. The third-order valence-corrected chi connectivity index (χ3v) is 4.31. The van der Waals surface area contributed by atoms with E-state index >= 15 is 0 Å². The van der Waals surface area contributed by atoms with Crippen molar-refractivity contribution < 1.29 is 28.2 Å². The Hall–Kier alpha value is -1.39. The van der Waals surface area contributed by atoms with Crippen LogP contribution in [0.2, 0.25) is 0 Å². The predicted octanol–water partition coefficient (Wildman–Crippen LogP) is -1.89. The van der Waals surface area contributed by atoms with E-state index in [1.54, 1.807) is 0 Å². The van der Waals surface area contributed by atoms with Gasteiger partial charge in [0.05, 0.1) is 6.26 Å². The number of hydrogen-bond acceptors (Lipinski definition) is 5. The summed E-state index contributed by atoms with van der Waals surface area (Å²) in [4.78, 5) is 24.1. The van der Waals surface area contributed by atoms with E-state index in [0.717, 1.165) is 6.26 Å². The quantitative estimate of drug-likeness (QED) is 0.545. The molecule has 1 atom stereocenters. The highest BCUT2D eigenvalue weighted by atomic mass is 32.2. The third-order valence-electron chi connectivity index (χ3n) is 3.01. The lowest BCUT2D eigenvalue weighted by atomic mass is 10.2. The van der Waals surface area contributed by atoms with Crippen LogP contribution in [0.5, 0.6) is 0 Å². The molecule has 0 radical (unpaired) electrons. The van der Waals surface area contributed by atoms with Gasteiger partial charge in [-0.3, -0.25) is 0 Å². The lowest BCUT2D eigenvalue weighted by molar-refractivity contribution is -0.139. The second-order valence-corrected chi connectivity index (χ2v) is 6.48. The first-order valence-corrected chi connectivity index (χ1v) is 7.94. The smallest absolute Gasteiger partial charge is 0.326 e. The topological polar surface area (TPSA) is 127 Å². The summed E-state index contributed by atoms with van der Waals surface area (Å²) in [6.45, 7) is 0.418. The summed E-state index contributed by atoms with van der Waals surface area (Å²) in [5.41, 5.74) is 0. The van der Waals surface area contributed by atoms with Crippen LogP contribution in [0.25, 0.3) is 0 Å². The number of carboxylic acids is 1. The van der Waals surface area contributed by atoms with E-state index in [1.165, 1.54) is 9.21 Å². The molecule has 1 rings (SSSR count). The first kappa shape index (κ1) is 16.7. The standard InChI is InChI=1S/C10H19N3O6S/c1-20(18,19)13-5-3-12(4-6-13)10(17)11-8(2-7-14)9(15)16/h8,14H,2-7H2,1H3,(H,11,17)(H,15,16)/t8-/m0/s1. The van der Waals surface area contributed by atoms with Crippen LogP contribution in [0.1, 0.15) is 6.42 Å². The van der Waals surface area contributed by atoms with Gasteiger partial charge in [-0.2, -0.15) is 4.31 Å². The van der Waals surface area contributed by atoms with E-state index in [2.05, 4.69) is 5.32 Å². The van der Waals surface area contributed by atoms with Crippen LogP contribution in [-0.4, -0.2) is 84.9 Å². The fourth-order valence-corrected chi connectivity index (χ4v) is 2.68. The fraction of sp³-hybridized carbons (Fsp3) is 0.800. The fourth-order valence-electron chi connectivity index (χ4n) is 1.85. The Bertz CT molecular complexity index is 458. The van der Waals surface area contributed by atoms with Crippen LogP contribution in [-0.2, 0) is 14.8 Å². The molecule has 0 spiro atoms. The van der Waals surface area contributed by atoms with Crippen LogP contribution >= 0.6 is 0 Å². The van der Waals surface area contributed by atoms with Crippen molar-refractivity contribution in [1.82, 2.24) is 14.5 Å². The van der Waals surface area contributed by atoms with Gasteiger partial charge < -0.3 is 20.4 Å². The second kappa shape index (κ2) is 6.86. The zero-order chi connectivity index (χ0) is 15.3. The summed E-state index contributed by atoms with van der Waals surface area (Å²) >= 11 is 0. The van der Waals surface area contributed by atoms with Crippen molar-refractivity contribution in [3.63, 3.8) is 0 Å². The highest BCUT2D eigenvalue weighted by Gasteiger charge is 2.28. The van der Waals surface area contributed by atoms with Gasteiger partial charge in [0, 0.05) is 39.2 Å². The number of nitrogens with one attached hydrogen (secondary N) is 1. The number of sulfonamides is 1. The average molecular weight is 309 g/mol. The van der Waals surface area contributed by atoms with Crippen molar-refractivity contribution in [2.75, 3.05) is 39.0 Å². The molecule has 0 bridgehead atoms. The molecular formula is C10H19N3O6S. The largest absolute Gasteiger partial charge is 0.480 e. The molecule has 0 aliphatic carbocycles. The molecule has 0 aromatic rings. The molecule has 0 aromatic carbocycles. The van der Waals surface area contributed by atoms with Crippen LogP contribution in [0.3, 0.4) is 0 Å². The van der Waals surface area contributed by atoms with Gasteiger partial charge in [-0.25, -0.2) is 18.0 Å². The van der Waals surface area contributed by atoms with Crippen LogP contribution in [0, 0.1) is 0 Å². The Morgan fingerprint density at radius 3 is 2.20 bits per heavy atom. The van der Waals surface area contributed by atoms with Crippen LogP contribution < -0.4 is 5.32 Å². The van der Waals surface area contributed by atoms with E-state index in [1.807, 2.05) is 0 Å². The zero-order valence-corrected chi connectivity index (χ0v) is 12.0. The van der Waals surface area contributed by atoms with Crippen LogP contribution in [0.4, 0.5) is 4.79 Å². The van der Waals surface area contributed by atoms with Gasteiger partial charge in [-0.15, -0.1) is 0 Å². The summed E-state index contributed by atoms with van der Waals surface area (Å²) < 4.78 is 23.9. The molecule has 1 heterocycles. The molecule has 3 N–H and O–H groups in total. The van der Waals surface area contributed by atoms with E-state index < -0.39 is 28.1 Å². The summed E-state index contributed by atoms with van der Waals surface area (Å²) in [6, 6.07) is -1.72. The first-order chi connectivity index (χ1) is 9.25. The predicted molar refractivity (Wildman–Crippen MR) is 69.6 cm³/mol. The molecule has 20 heavy (non-hydrogen) atoms. The Morgan fingerprint density at radius 2 is 1.80 bits per heavy atom. The molecule has 0 saturated carbocycles. The SMILES string of the molecule is CS(=O)(=O)N1CCN(C(=O)N[C@@H](CCO)C(=O)O)CC1. The first-order valence-electron chi connectivity index (χ1n) is 6.10. The molecular weight excluding hydrogens is 290 g/mol. The van der Waals surface area contributed by atoms with Crippen molar-refractivity contribution in [3.8, 4) is 0 Å². The minimum Gasteiger partial charge on any atom is -0.480 e. The lowest BCUT2D eigenvalue weighted by Gasteiger charge is -2.33. The van der Waals surface area contributed by atoms with Gasteiger partial charge in [0.25, 0.3) is 0 Å². The van der Waals surface area contributed by atoms with Gasteiger partial charge in [0.2, 0.25) is 10.0 Å². The maximum absolute atomic E-state index is 11.8. The van der Waals surface area contributed by atoms with Gasteiger partial charge in [-0.1, -0.05) is 0 Å². The van der Waals surface area contributed by atoms with Crippen molar-refractivity contribution in [1.29, 1.82) is 0 Å². The molecule has 116 valence electrons. The average Bonchev–Trinajstić information content (AvgIpc) is 2.37. The van der Waals surface area contributed by atoms with Crippen molar-refractivity contribution in [2.24, 2.45) is 0 Å². The Morgan fingerprint density at radius 1 is 1.25 bits per heavy atom. The van der Waals surface area contributed by atoms with Crippen molar-refractivity contribution >= 4 is 22.0 Å². The van der Waals surface area contributed by atoms with Gasteiger partial charge >= 0.3 is 12.0 Å². The molecule has 1 aliphatic heterocycles. The number of hydrogen-bond donors (Lipinski definition) is 3. The van der Waals surface area contributed by atoms with Gasteiger partial charge in [0.1, 0.15) is 6.04 Å². The molecule has 0 unspecified atom stereocenters. The normalized spacial score (nSPS) is 18.6. The maximum Gasteiger partial charge on any atom is 0.326 e. The highest BCUT2D eigenvalue weighted by Crippen LogP contribution is 2.06. The number of carbonyl (C=O) groups excluding carboxylic acids is 1. The Balaban J connectivity index is 2.52. The van der Waals surface area contributed by atoms with E-state index in [0.29, 0.717) is 0 Å². The van der Waals surface area contributed by atoms with Gasteiger partial charge in [-0.05, 0) is 0 Å². The highest BCUT2D eigenvalue weighted by molar-refractivity contribution is 7.88. The summed E-state index contributed by atoms with van der Waals surface area (Å²) in [5, 5.41) is 19.9. The molecule has 10 heteroatoms. The number of carboxylic acid groups (broad SMARTS) is 1. The van der Waals surface area contributed by atoms with E-state index in [-0.39, 0.29) is 39.2 Å². The molecule has 0 aromatic heterocycles. The minimum absolute atomic E-state index is 0.0790. The number of aliphatic hydroxyl groups is 1. The Kier molecular flexibility index (Phi) is 5.72. The molecule has 1 saturated heterocycles. The zero-order valence-electron chi connectivity index (χ0n) is 11.2. The number of rotatable bonds is 5. The van der Waals surface area contributed by atoms with Crippen LogP contribution in [0.15, 0.2) is 0 Å². The second-order valence-electron chi connectivity index (χ2n) is 4.50. The minimum atomic E-state index is -3.27. The number of nitrogens with zero attached hydrogens (tertiary/aromatic N) is 2. The molecule has 2 amide bonds. The molecule has 9 nitrogen and oxygen atoms in total. The van der Waals surface area contributed by atoms with Crippen molar-refractivity contribution in [3.05, 3.63) is 0 Å². The third kappa shape index (κ3) is 4.62. The summed E-state index contributed by atoms with van der Waals surface area (Å²) in [5.74, 6) is -1.22. The van der Waals surface area contributed by atoms with E-state index in [4.69, 9.17) is 10.2 Å². The molecule has 1 fully saturated rings. The number of aliphatic hydroxyl groups excluding tert-OH is 1. The number of amides is 2.